The number of carbonyl (C=O) groups is 1. The molecule has 2 saturated heterocycles. The molecule has 12 atom stereocenters. The van der Waals surface area contributed by atoms with Crippen molar-refractivity contribution in [1.82, 2.24) is 5.32 Å². The molecule has 2 aliphatic rings. The molecule has 0 saturated carbocycles. The van der Waals surface area contributed by atoms with Crippen LogP contribution in [0.25, 0.3) is 0 Å². The third kappa shape index (κ3) is 46.8. The highest BCUT2D eigenvalue weighted by molar-refractivity contribution is 5.76. The fourth-order valence-corrected chi connectivity index (χ4v) is 13.0. The van der Waals surface area contributed by atoms with Gasteiger partial charge in [0.15, 0.2) is 12.6 Å². The van der Waals surface area contributed by atoms with Gasteiger partial charge in [-0.25, -0.2) is 0 Å². The van der Waals surface area contributed by atoms with Crippen LogP contribution in [0.1, 0.15) is 354 Å². The zero-order chi connectivity index (χ0) is 67.3. The Morgan fingerprint density at radius 3 is 1.05 bits per heavy atom. The number of hydrogen-bond donors (Lipinski definition) is 9. The average molecular weight is 1320 g/mol. The van der Waals surface area contributed by atoms with Gasteiger partial charge in [-0.1, -0.05) is 326 Å². The summed E-state index contributed by atoms with van der Waals surface area (Å²) in [6.07, 6.45) is 67.7. The summed E-state index contributed by atoms with van der Waals surface area (Å²) >= 11 is 0. The second-order valence-corrected chi connectivity index (χ2v) is 27.8. The first-order chi connectivity index (χ1) is 45.6. The molecule has 2 rings (SSSR count). The maximum absolute atomic E-state index is 13.4. The van der Waals surface area contributed by atoms with Crippen molar-refractivity contribution in [2.24, 2.45) is 0 Å². The first kappa shape index (κ1) is 87.0. The van der Waals surface area contributed by atoms with E-state index >= 15 is 0 Å². The Morgan fingerprint density at radius 1 is 0.376 bits per heavy atom. The first-order valence-corrected chi connectivity index (χ1v) is 39.4. The maximum Gasteiger partial charge on any atom is 0.220 e. The van der Waals surface area contributed by atoms with Crippen molar-refractivity contribution in [2.75, 3.05) is 19.8 Å². The highest BCUT2D eigenvalue weighted by Gasteiger charge is 2.51. The molecule has 93 heavy (non-hydrogen) atoms. The lowest BCUT2D eigenvalue weighted by atomic mass is 9.97. The van der Waals surface area contributed by atoms with Gasteiger partial charge < -0.3 is 65.1 Å². The topological polar surface area (TPSA) is 228 Å². The van der Waals surface area contributed by atoms with Gasteiger partial charge >= 0.3 is 0 Å². The number of aliphatic hydroxyl groups is 8. The van der Waals surface area contributed by atoms with E-state index in [1.807, 2.05) is 6.08 Å². The number of allylic oxidation sites excluding steroid dienone is 7. The summed E-state index contributed by atoms with van der Waals surface area (Å²) in [5.41, 5.74) is 0. The van der Waals surface area contributed by atoms with Gasteiger partial charge in [0.05, 0.1) is 32.0 Å². The predicted octanol–water partition coefficient (Wildman–Crippen LogP) is 17.4. The Kier molecular flexibility index (Phi) is 59.3. The van der Waals surface area contributed by atoms with Crippen LogP contribution in [-0.2, 0) is 23.7 Å². The Hall–Kier alpha value is -2.05. The third-order valence-corrected chi connectivity index (χ3v) is 19.2. The van der Waals surface area contributed by atoms with Crippen molar-refractivity contribution < 1.29 is 64.6 Å². The van der Waals surface area contributed by atoms with Crippen LogP contribution in [-0.4, -0.2) is 140 Å². The molecule has 2 fully saturated rings. The van der Waals surface area contributed by atoms with Gasteiger partial charge in [0.1, 0.15) is 48.8 Å². The Morgan fingerprint density at radius 2 is 0.688 bits per heavy atom. The van der Waals surface area contributed by atoms with Crippen LogP contribution in [0.5, 0.6) is 0 Å². The number of amides is 1. The van der Waals surface area contributed by atoms with Crippen molar-refractivity contribution in [3.8, 4) is 0 Å². The summed E-state index contributed by atoms with van der Waals surface area (Å²) in [5, 5.41) is 87.6. The average Bonchev–Trinajstić information content (AvgIpc) is 0.854. The molecule has 12 unspecified atom stereocenters. The highest BCUT2D eigenvalue weighted by Crippen LogP contribution is 2.30. The molecular weight excluding hydrogens is 1170 g/mol. The zero-order valence-electron chi connectivity index (χ0n) is 59.8. The Labute approximate surface area is 569 Å². The fourth-order valence-electron chi connectivity index (χ4n) is 13.0. The summed E-state index contributed by atoms with van der Waals surface area (Å²) in [5.74, 6) is -0.247. The maximum atomic E-state index is 13.4. The number of rotatable bonds is 66. The van der Waals surface area contributed by atoms with E-state index in [2.05, 4.69) is 55.6 Å². The summed E-state index contributed by atoms with van der Waals surface area (Å²) in [6, 6.07) is -0.939. The minimum Gasteiger partial charge on any atom is -0.394 e. The molecule has 0 aromatic rings. The predicted molar refractivity (Wildman–Crippen MR) is 383 cm³/mol. The molecule has 546 valence electrons. The molecule has 0 spiro atoms. The number of nitrogens with one attached hydrogen (secondary N) is 1. The molecule has 0 aromatic carbocycles. The van der Waals surface area contributed by atoms with Gasteiger partial charge in [-0.05, 0) is 70.6 Å². The van der Waals surface area contributed by atoms with Crippen LogP contribution in [0.3, 0.4) is 0 Å². The second kappa shape index (κ2) is 63.4. The van der Waals surface area contributed by atoms with E-state index in [0.29, 0.717) is 12.8 Å². The lowest BCUT2D eigenvalue weighted by Crippen LogP contribution is -2.65. The van der Waals surface area contributed by atoms with E-state index < -0.39 is 86.8 Å². The van der Waals surface area contributed by atoms with Crippen LogP contribution in [0, 0.1) is 0 Å². The Balaban J connectivity index is 1.62. The van der Waals surface area contributed by atoms with Gasteiger partial charge in [-0.2, -0.15) is 0 Å². The smallest absolute Gasteiger partial charge is 0.220 e. The van der Waals surface area contributed by atoms with Crippen LogP contribution >= 0.6 is 0 Å². The number of carbonyl (C=O) groups excluding carboxylic acids is 1. The molecule has 0 aliphatic carbocycles. The van der Waals surface area contributed by atoms with Gasteiger partial charge in [0.2, 0.25) is 5.91 Å². The largest absolute Gasteiger partial charge is 0.394 e. The number of hydrogen-bond acceptors (Lipinski definition) is 13. The molecule has 14 nitrogen and oxygen atoms in total. The van der Waals surface area contributed by atoms with Crippen molar-refractivity contribution in [3.63, 3.8) is 0 Å². The highest BCUT2D eigenvalue weighted by atomic mass is 16.7. The van der Waals surface area contributed by atoms with Gasteiger partial charge in [-0.3, -0.25) is 4.79 Å². The minimum atomic E-state index is -1.79. The van der Waals surface area contributed by atoms with E-state index in [0.717, 1.165) is 44.9 Å². The molecule has 0 radical (unpaired) electrons. The minimum absolute atomic E-state index is 0.247. The van der Waals surface area contributed by atoms with E-state index in [1.54, 1.807) is 6.08 Å². The molecule has 2 aliphatic heterocycles. The van der Waals surface area contributed by atoms with Gasteiger partial charge in [0.25, 0.3) is 0 Å². The number of unbranched alkanes of at least 4 members (excludes halogenated alkanes) is 47. The number of ether oxygens (including phenoxy) is 4. The molecule has 2 heterocycles. The van der Waals surface area contributed by atoms with Crippen LogP contribution < -0.4 is 5.32 Å². The zero-order valence-corrected chi connectivity index (χ0v) is 59.8. The molecular formula is C79H147NO13. The summed E-state index contributed by atoms with van der Waals surface area (Å²) in [4.78, 5) is 13.4. The second-order valence-electron chi connectivity index (χ2n) is 27.8. The van der Waals surface area contributed by atoms with Crippen molar-refractivity contribution >= 4 is 5.91 Å². The molecule has 0 aromatic heterocycles. The van der Waals surface area contributed by atoms with E-state index in [9.17, 15) is 45.6 Å². The first-order valence-electron chi connectivity index (χ1n) is 39.4. The van der Waals surface area contributed by atoms with Crippen molar-refractivity contribution in [3.05, 3.63) is 48.6 Å². The van der Waals surface area contributed by atoms with Crippen LogP contribution in [0.4, 0.5) is 0 Å². The Bertz CT molecular complexity index is 1750. The molecule has 1 amide bonds. The van der Waals surface area contributed by atoms with Crippen LogP contribution in [0.2, 0.25) is 0 Å². The van der Waals surface area contributed by atoms with E-state index in [-0.39, 0.29) is 18.9 Å². The lowest BCUT2D eigenvalue weighted by molar-refractivity contribution is -0.359. The number of aliphatic hydroxyl groups excluding tert-OH is 8. The molecule has 14 heteroatoms. The SMILES string of the molecule is CCCCCCCCCC/C=C\CCCCCCCCCCCCCCCCCCCCCCCCCC(=O)NC(COC1OC(CO)C(OC2OC(CO)C(O)C(O)C2O)C(O)C1O)C(O)/C=C/CC/C=C/CC/C=C/CCCCCCCCCCCCCCCC. The summed E-state index contributed by atoms with van der Waals surface area (Å²) in [6.45, 7) is 2.83. The van der Waals surface area contributed by atoms with Crippen molar-refractivity contribution in [2.45, 2.75) is 428 Å². The molecule has 9 N–H and O–H groups in total. The molecule has 0 bridgehead atoms. The van der Waals surface area contributed by atoms with Gasteiger partial charge in [0, 0.05) is 6.42 Å². The third-order valence-electron chi connectivity index (χ3n) is 19.2. The standard InChI is InChI=1S/C79H147NO13/c1-3-5-7-9-11-13-15-17-19-21-23-25-27-29-30-31-32-33-34-35-36-37-38-39-41-43-45-47-49-51-53-55-57-59-61-63-71(84)80-67(66-90-78-76(89)74(87)77(70(65-82)92-78)93-79-75(88)73(86)72(85)69(64-81)91-79)68(83)62-60-58-56-54-52-50-48-46-44-42-40-28-26-24-22-20-18-16-14-12-10-8-6-4-2/h21,23,44,46,52,54,60,62,67-70,72-79,81-83,85-89H,3-20,22,24-43,45,47-51,53,55-59,61,63-66H2,1-2H3,(H,80,84)/b23-21-,46-44+,54-52+,62-60+. The van der Waals surface area contributed by atoms with Crippen LogP contribution in [0.15, 0.2) is 48.6 Å². The quantitative estimate of drug-likeness (QED) is 0.0204. The summed E-state index contributed by atoms with van der Waals surface area (Å²) < 4.78 is 22.9. The fraction of sp³-hybridized carbons (Fsp3) is 0.886. The van der Waals surface area contributed by atoms with Gasteiger partial charge in [-0.15, -0.1) is 0 Å². The van der Waals surface area contributed by atoms with E-state index in [4.69, 9.17) is 18.9 Å². The lowest BCUT2D eigenvalue weighted by Gasteiger charge is -2.46. The summed E-state index contributed by atoms with van der Waals surface area (Å²) in [7, 11) is 0. The normalized spacial score (nSPS) is 22.8. The van der Waals surface area contributed by atoms with E-state index in [1.165, 1.54) is 276 Å². The monoisotopic (exact) mass is 1320 g/mol. The van der Waals surface area contributed by atoms with Crippen molar-refractivity contribution in [1.29, 1.82) is 0 Å².